The molecular formula is C21H19F3N2O2. The van der Waals surface area contributed by atoms with Crippen molar-refractivity contribution in [1.29, 1.82) is 0 Å². The molecule has 2 aliphatic carbocycles. The molecule has 1 aliphatic heterocycles. The molecule has 2 bridgehead atoms. The molecule has 5 atom stereocenters. The molecule has 2 saturated carbocycles. The van der Waals surface area contributed by atoms with Gasteiger partial charge in [0.05, 0.1) is 16.5 Å². The average Bonchev–Trinajstić information content (AvgIpc) is 3.28. The van der Waals surface area contributed by atoms with Crippen LogP contribution in [0.2, 0.25) is 0 Å². The summed E-state index contributed by atoms with van der Waals surface area (Å²) in [5.41, 5.74) is 1.34. The van der Waals surface area contributed by atoms with E-state index in [2.05, 4.69) is 5.32 Å². The second kappa shape index (κ2) is 5.96. The summed E-state index contributed by atoms with van der Waals surface area (Å²) in [5.74, 6) is 0.831. The second-order valence-corrected chi connectivity index (χ2v) is 8.17. The summed E-state index contributed by atoms with van der Waals surface area (Å²) in [6.45, 7) is 0. The molecule has 28 heavy (non-hydrogen) atoms. The Labute approximate surface area is 159 Å². The Balaban J connectivity index is 1.65. The number of hydrogen-bond donors (Lipinski definition) is 1. The van der Waals surface area contributed by atoms with Crippen molar-refractivity contribution < 1.29 is 18.1 Å². The smallest absolute Gasteiger partial charge is 0.378 e. The van der Waals surface area contributed by atoms with Gasteiger partial charge in [-0.25, -0.2) is 0 Å². The molecule has 2 fully saturated rings. The lowest BCUT2D eigenvalue weighted by Crippen LogP contribution is -2.36. The molecular weight excluding hydrogens is 369 g/mol. The van der Waals surface area contributed by atoms with Crippen LogP contribution in [-0.2, 0) is 6.18 Å². The van der Waals surface area contributed by atoms with Crippen LogP contribution in [-0.4, -0.2) is 4.92 Å². The highest BCUT2D eigenvalue weighted by molar-refractivity contribution is 5.62. The number of non-ortho nitro benzene ring substituents is 1. The fourth-order valence-corrected chi connectivity index (χ4v) is 5.92. The minimum absolute atomic E-state index is 0.0248. The third-order valence-electron chi connectivity index (χ3n) is 6.88. The van der Waals surface area contributed by atoms with Crippen LogP contribution in [0.15, 0.2) is 42.5 Å². The first-order chi connectivity index (χ1) is 13.3. The Hall–Kier alpha value is -2.57. The number of benzene rings is 2. The van der Waals surface area contributed by atoms with Gasteiger partial charge in [0.2, 0.25) is 0 Å². The average molecular weight is 388 g/mol. The second-order valence-electron chi connectivity index (χ2n) is 8.17. The topological polar surface area (TPSA) is 55.2 Å². The maximum absolute atomic E-state index is 13.7. The molecule has 0 radical (unpaired) electrons. The van der Waals surface area contributed by atoms with Crippen molar-refractivity contribution in [3.63, 3.8) is 0 Å². The van der Waals surface area contributed by atoms with E-state index in [1.807, 2.05) is 0 Å². The molecule has 4 nitrogen and oxygen atoms in total. The number of fused-ring (bicyclic) bond motifs is 7. The highest BCUT2D eigenvalue weighted by Crippen LogP contribution is 2.64. The molecule has 5 rings (SSSR count). The molecule has 3 aliphatic rings. The first kappa shape index (κ1) is 17.5. The van der Waals surface area contributed by atoms with E-state index in [-0.39, 0.29) is 23.1 Å². The van der Waals surface area contributed by atoms with Gasteiger partial charge >= 0.3 is 6.18 Å². The molecule has 0 amide bonds. The fourth-order valence-electron chi connectivity index (χ4n) is 5.92. The van der Waals surface area contributed by atoms with E-state index in [0.717, 1.165) is 36.6 Å². The van der Waals surface area contributed by atoms with E-state index in [0.29, 0.717) is 11.8 Å². The highest BCUT2D eigenvalue weighted by Gasteiger charge is 2.55. The number of nitro groups is 1. The summed E-state index contributed by atoms with van der Waals surface area (Å²) in [4.78, 5) is 10.8. The summed E-state index contributed by atoms with van der Waals surface area (Å²) in [7, 11) is 0. The molecule has 1 heterocycles. The number of halogens is 3. The minimum atomic E-state index is -4.42. The zero-order chi connectivity index (χ0) is 19.6. The van der Waals surface area contributed by atoms with Crippen LogP contribution in [0, 0.1) is 27.9 Å². The summed E-state index contributed by atoms with van der Waals surface area (Å²) in [6, 6.07) is 10.0. The van der Waals surface area contributed by atoms with E-state index in [9.17, 15) is 23.3 Å². The summed E-state index contributed by atoms with van der Waals surface area (Å²) < 4.78 is 41.0. The van der Waals surface area contributed by atoms with Crippen LogP contribution in [0.25, 0.3) is 0 Å². The molecule has 2 aromatic carbocycles. The van der Waals surface area contributed by atoms with Gasteiger partial charge < -0.3 is 5.32 Å². The van der Waals surface area contributed by atoms with Crippen molar-refractivity contribution in [2.45, 2.75) is 37.4 Å². The van der Waals surface area contributed by atoms with Crippen LogP contribution in [0.5, 0.6) is 0 Å². The summed E-state index contributed by atoms with van der Waals surface area (Å²) >= 11 is 0. The maximum Gasteiger partial charge on any atom is 0.416 e. The summed E-state index contributed by atoms with van der Waals surface area (Å²) in [5, 5.41) is 14.6. The quantitative estimate of drug-likeness (QED) is 0.514. The Morgan fingerprint density at radius 1 is 1.04 bits per heavy atom. The Morgan fingerprint density at radius 2 is 1.79 bits per heavy atom. The largest absolute Gasteiger partial charge is 0.416 e. The molecule has 146 valence electrons. The number of nitrogens with one attached hydrogen (secondary N) is 1. The standard InChI is InChI=1S/C21H19F3N2O2/c22-21(23,24)16-4-2-1-3-14(16)20-19-12-6-5-11(9-12)18(19)15-10-13(26(27)28)7-8-17(15)25-20/h1-4,7-8,10-12,18-20,25H,5-6,9H2/t11-,12-,18-,19+,20+/m0/s1. The van der Waals surface area contributed by atoms with Crippen molar-refractivity contribution in [3.8, 4) is 0 Å². The van der Waals surface area contributed by atoms with E-state index in [1.165, 1.54) is 12.1 Å². The van der Waals surface area contributed by atoms with Gasteiger partial charge in [0.25, 0.3) is 5.69 Å². The lowest BCUT2D eigenvalue weighted by atomic mass is 9.67. The molecule has 7 heteroatoms. The lowest BCUT2D eigenvalue weighted by Gasteiger charge is -2.44. The van der Waals surface area contributed by atoms with Crippen molar-refractivity contribution in [1.82, 2.24) is 0 Å². The van der Waals surface area contributed by atoms with Gasteiger partial charge in [-0.05, 0) is 66.2 Å². The number of rotatable bonds is 2. The van der Waals surface area contributed by atoms with E-state index >= 15 is 0 Å². The molecule has 2 aromatic rings. The predicted octanol–water partition coefficient (Wildman–Crippen LogP) is 5.91. The Kier molecular flexibility index (Phi) is 3.73. The van der Waals surface area contributed by atoms with Gasteiger partial charge in [0.15, 0.2) is 0 Å². The van der Waals surface area contributed by atoms with Crippen molar-refractivity contribution in [2.24, 2.45) is 17.8 Å². The fraction of sp³-hybridized carbons (Fsp3) is 0.429. The van der Waals surface area contributed by atoms with Crippen LogP contribution in [0.3, 0.4) is 0 Å². The van der Waals surface area contributed by atoms with Crippen LogP contribution in [0.4, 0.5) is 24.5 Å². The van der Waals surface area contributed by atoms with Gasteiger partial charge in [0, 0.05) is 17.8 Å². The Bertz CT molecular complexity index is 959. The predicted molar refractivity (Wildman–Crippen MR) is 98.0 cm³/mol. The first-order valence-electron chi connectivity index (χ1n) is 9.55. The van der Waals surface area contributed by atoms with E-state index in [4.69, 9.17) is 0 Å². The van der Waals surface area contributed by atoms with Gasteiger partial charge in [-0.15, -0.1) is 0 Å². The van der Waals surface area contributed by atoms with Crippen LogP contribution >= 0.6 is 0 Å². The molecule has 0 spiro atoms. The number of hydrogen-bond acceptors (Lipinski definition) is 3. The van der Waals surface area contributed by atoms with E-state index in [1.54, 1.807) is 24.3 Å². The Morgan fingerprint density at radius 3 is 2.54 bits per heavy atom. The third-order valence-corrected chi connectivity index (χ3v) is 6.88. The molecule has 0 aromatic heterocycles. The van der Waals surface area contributed by atoms with Crippen molar-refractivity contribution in [2.75, 3.05) is 5.32 Å². The number of nitro benzene ring substituents is 1. The third kappa shape index (κ3) is 2.52. The maximum atomic E-state index is 13.7. The SMILES string of the molecule is O=[N+]([O-])c1ccc2c(c1)[C@@H]1[C@H]3CC[C@@H](C3)[C@H]1[C@@H](c1ccccc1C(F)(F)F)N2. The number of alkyl halides is 3. The van der Waals surface area contributed by atoms with Crippen LogP contribution in [0.1, 0.15) is 47.9 Å². The van der Waals surface area contributed by atoms with Gasteiger partial charge in [-0.2, -0.15) is 13.2 Å². The van der Waals surface area contributed by atoms with E-state index < -0.39 is 22.7 Å². The lowest BCUT2D eigenvalue weighted by molar-refractivity contribution is -0.384. The minimum Gasteiger partial charge on any atom is -0.378 e. The zero-order valence-electron chi connectivity index (χ0n) is 14.9. The van der Waals surface area contributed by atoms with Crippen molar-refractivity contribution in [3.05, 3.63) is 69.3 Å². The molecule has 0 unspecified atom stereocenters. The van der Waals surface area contributed by atoms with Gasteiger partial charge in [-0.1, -0.05) is 18.2 Å². The summed E-state index contributed by atoms with van der Waals surface area (Å²) in [6.07, 6.45) is -1.37. The highest BCUT2D eigenvalue weighted by atomic mass is 19.4. The molecule has 0 saturated heterocycles. The van der Waals surface area contributed by atoms with Gasteiger partial charge in [0.1, 0.15) is 0 Å². The first-order valence-corrected chi connectivity index (χ1v) is 9.55. The molecule has 1 N–H and O–H groups in total. The zero-order valence-corrected chi connectivity index (χ0v) is 14.9. The van der Waals surface area contributed by atoms with Gasteiger partial charge in [-0.3, -0.25) is 10.1 Å². The number of anilines is 1. The van der Waals surface area contributed by atoms with Crippen LogP contribution < -0.4 is 5.32 Å². The normalized spacial score (nSPS) is 30.5. The monoisotopic (exact) mass is 388 g/mol. The number of nitrogens with zero attached hydrogens (tertiary/aromatic N) is 1. The van der Waals surface area contributed by atoms with Crippen molar-refractivity contribution >= 4 is 11.4 Å².